The molecule has 0 unspecified atom stereocenters. The summed E-state index contributed by atoms with van der Waals surface area (Å²) in [6.07, 6.45) is 0. The van der Waals surface area contributed by atoms with E-state index in [-0.39, 0.29) is 11.2 Å². The van der Waals surface area contributed by atoms with Crippen molar-refractivity contribution in [2.24, 2.45) is 0 Å². The summed E-state index contributed by atoms with van der Waals surface area (Å²) in [6.45, 7) is 9.97. The van der Waals surface area contributed by atoms with E-state index >= 15 is 0 Å². The molecule has 0 aromatic heterocycles. The Balaban J connectivity index is 2.92. The largest absolute Gasteiger partial charge is 0.483 e. The van der Waals surface area contributed by atoms with Crippen LogP contribution in [0.1, 0.15) is 34.6 Å². The molecule has 0 radical (unpaired) electrons. The molecule has 1 rings (SSSR count). The maximum atomic E-state index is 5.46. The van der Waals surface area contributed by atoms with E-state index in [0.29, 0.717) is 5.97 Å². The van der Waals surface area contributed by atoms with Crippen LogP contribution < -0.4 is 0 Å². The SMILES string of the molecule is CC1=[O+]C(C)(C)C(C)(C)O1. The van der Waals surface area contributed by atoms with Gasteiger partial charge in [-0.2, -0.15) is 0 Å². The number of cyclic esters (lactones) is 1. The van der Waals surface area contributed by atoms with Crippen molar-refractivity contribution in [1.29, 1.82) is 0 Å². The van der Waals surface area contributed by atoms with Gasteiger partial charge in [-0.3, -0.25) is 0 Å². The zero-order chi connectivity index (χ0) is 7.99. The molecule has 0 aromatic rings. The third kappa shape index (κ3) is 0.917. The van der Waals surface area contributed by atoms with Crippen LogP contribution in [-0.2, 0) is 9.16 Å². The van der Waals surface area contributed by atoms with Crippen LogP contribution in [0.25, 0.3) is 0 Å². The zero-order valence-electron chi connectivity index (χ0n) is 7.32. The van der Waals surface area contributed by atoms with Gasteiger partial charge < -0.3 is 9.16 Å². The summed E-state index contributed by atoms with van der Waals surface area (Å²) in [5.74, 6) is 0.676. The summed E-state index contributed by atoms with van der Waals surface area (Å²) in [5, 5.41) is 0. The quantitative estimate of drug-likeness (QED) is 0.373. The number of esters is 1. The molecule has 0 amide bonds. The molecule has 0 N–H and O–H groups in total. The fourth-order valence-corrected chi connectivity index (χ4v) is 0.985. The van der Waals surface area contributed by atoms with Gasteiger partial charge in [-0.05, 0) is 0 Å². The summed E-state index contributed by atoms with van der Waals surface area (Å²) < 4.78 is 10.9. The number of carbonyl (C=O) groups excluding carboxylic acids is 1. The minimum Gasteiger partial charge on any atom is -0.309 e. The Morgan fingerprint density at radius 3 is 1.80 bits per heavy atom. The topological polar surface area (TPSA) is 20.5 Å². The highest BCUT2D eigenvalue weighted by Crippen LogP contribution is 2.31. The third-order valence-corrected chi connectivity index (χ3v) is 2.25. The molecule has 0 spiro atoms. The second kappa shape index (κ2) is 1.74. The van der Waals surface area contributed by atoms with Crippen molar-refractivity contribution in [2.75, 3.05) is 0 Å². The van der Waals surface area contributed by atoms with Gasteiger partial charge in [-0.25, -0.2) is 0 Å². The highest BCUT2D eigenvalue weighted by atomic mass is 16.7. The number of hydrogen-bond acceptors (Lipinski definition) is 1. The lowest BCUT2D eigenvalue weighted by Gasteiger charge is -2.19. The molecule has 0 aliphatic carbocycles. The number of rotatable bonds is 0. The lowest BCUT2D eigenvalue weighted by molar-refractivity contribution is -0.543. The molecule has 1 aliphatic rings. The normalized spacial score (nSPS) is 27.5. The zero-order valence-corrected chi connectivity index (χ0v) is 7.32. The average Bonchev–Trinajstić information content (AvgIpc) is 1.73. The minimum absolute atomic E-state index is 0.197. The van der Waals surface area contributed by atoms with Crippen molar-refractivity contribution in [2.45, 2.75) is 45.8 Å². The Bertz CT molecular complexity index is 178. The third-order valence-electron chi connectivity index (χ3n) is 2.25. The van der Waals surface area contributed by atoms with E-state index < -0.39 is 0 Å². The first-order valence-corrected chi connectivity index (χ1v) is 3.57. The van der Waals surface area contributed by atoms with Crippen LogP contribution in [0.3, 0.4) is 0 Å². The molecule has 58 valence electrons. The molecule has 10 heavy (non-hydrogen) atoms. The number of ether oxygens (including phenoxy) is 1. The van der Waals surface area contributed by atoms with Crippen molar-refractivity contribution in [3.63, 3.8) is 0 Å². The predicted octanol–water partition coefficient (Wildman–Crippen LogP) is 1.66. The molecule has 0 atom stereocenters. The van der Waals surface area contributed by atoms with Gasteiger partial charge in [0.1, 0.15) is 0 Å². The van der Waals surface area contributed by atoms with E-state index in [0.717, 1.165) is 0 Å². The van der Waals surface area contributed by atoms with E-state index in [1.165, 1.54) is 0 Å². The smallest absolute Gasteiger partial charge is 0.309 e. The molecule has 0 saturated heterocycles. The van der Waals surface area contributed by atoms with Crippen LogP contribution in [0.15, 0.2) is 0 Å². The lowest BCUT2D eigenvalue weighted by atomic mass is 9.90. The molecule has 2 nitrogen and oxygen atoms in total. The minimum atomic E-state index is -0.197. The van der Waals surface area contributed by atoms with Gasteiger partial charge in [0.2, 0.25) is 0 Å². The van der Waals surface area contributed by atoms with Crippen LogP contribution in [0.4, 0.5) is 0 Å². The Morgan fingerprint density at radius 1 is 1.20 bits per heavy atom. The summed E-state index contributed by atoms with van der Waals surface area (Å²) in [7, 11) is 0. The first-order chi connectivity index (χ1) is 4.35. The number of hydrogen-bond donors (Lipinski definition) is 0. The lowest BCUT2D eigenvalue weighted by Crippen LogP contribution is -2.42. The van der Waals surface area contributed by atoms with E-state index in [4.69, 9.17) is 9.16 Å². The van der Waals surface area contributed by atoms with Gasteiger partial charge in [-0.15, -0.1) is 0 Å². The van der Waals surface area contributed by atoms with E-state index in [2.05, 4.69) is 0 Å². The summed E-state index contributed by atoms with van der Waals surface area (Å²) in [4.78, 5) is 0. The Hall–Kier alpha value is -0.530. The van der Waals surface area contributed by atoms with Gasteiger partial charge in [0.25, 0.3) is 11.2 Å². The van der Waals surface area contributed by atoms with Crippen LogP contribution in [0.2, 0.25) is 0 Å². The summed E-state index contributed by atoms with van der Waals surface area (Å²) >= 11 is 0. The maximum Gasteiger partial charge on any atom is 0.483 e. The monoisotopic (exact) mass is 143 g/mol. The first-order valence-electron chi connectivity index (χ1n) is 3.57. The highest BCUT2D eigenvalue weighted by Gasteiger charge is 2.56. The van der Waals surface area contributed by atoms with Gasteiger partial charge in [0.05, 0.1) is 6.92 Å². The van der Waals surface area contributed by atoms with Gasteiger partial charge in [0, 0.05) is 27.7 Å². The molecule has 0 fully saturated rings. The molecule has 2 heteroatoms. The molecule has 0 saturated carbocycles. The van der Waals surface area contributed by atoms with Crippen molar-refractivity contribution in [3.05, 3.63) is 0 Å². The van der Waals surface area contributed by atoms with Crippen molar-refractivity contribution >= 4 is 5.97 Å². The second-order valence-electron chi connectivity index (χ2n) is 3.72. The van der Waals surface area contributed by atoms with Crippen LogP contribution in [0, 0.1) is 0 Å². The Kier molecular flexibility index (Phi) is 1.32. The fourth-order valence-electron chi connectivity index (χ4n) is 0.985. The molecule has 1 aliphatic heterocycles. The Labute approximate surface area is 61.9 Å². The van der Waals surface area contributed by atoms with Crippen molar-refractivity contribution in [1.82, 2.24) is 0 Å². The summed E-state index contributed by atoms with van der Waals surface area (Å²) in [5.41, 5.74) is -0.395. The molecular weight excluding hydrogens is 128 g/mol. The predicted molar refractivity (Wildman–Crippen MR) is 39.9 cm³/mol. The average molecular weight is 143 g/mol. The fraction of sp³-hybridized carbons (Fsp3) is 0.875. The molecule has 0 bridgehead atoms. The molecular formula is C8H15O2+. The second-order valence-corrected chi connectivity index (χ2v) is 3.72. The summed E-state index contributed by atoms with van der Waals surface area (Å²) in [6, 6.07) is 0. The van der Waals surface area contributed by atoms with Crippen LogP contribution in [-0.4, -0.2) is 17.2 Å². The van der Waals surface area contributed by atoms with E-state index in [1.54, 1.807) is 0 Å². The van der Waals surface area contributed by atoms with E-state index in [9.17, 15) is 0 Å². The van der Waals surface area contributed by atoms with Crippen LogP contribution >= 0.6 is 0 Å². The van der Waals surface area contributed by atoms with E-state index in [1.807, 2.05) is 34.6 Å². The van der Waals surface area contributed by atoms with Gasteiger partial charge in [0.15, 0.2) is 0 Å². The first kappa shape index (κ1) is 7.58. The van der Waals surface area contributed by atoms with Gasteiger partial charge >= 0.3 is 5.97 Å². The van der Waals surface area contributed by atoms with Crippen LogP contribution in [0.5, 0.6) is 0 Å². The standard InChI is InChI=1S/C8H15O2/c1-6-9-7(2,3)8(4,5)10-6/h1-5H3/q+1. The van der Waals surface area contributed by atoms with Crippen molar-refractivity contribution in [3.8, 4) is 0 Å². The Morgan fingerprint density at radius 2 is 1.70 bits per heavy atom. The van der Waals surface area contributed by atoms with Crippen molar-refractivity contribution < 1.29 is 9.16 Å². The molecule has 0 aromatic carbocycles. The molecule has 1 heterocycles. The highest BCUT2D eigenvalue weighted by molar-refractivity contribution is 5.68. The maximum absolute atomic E-state index is 5.46. The van der Waals surface area contributed by atoms with Gasteiger partial charge in [-0.1, -0.05) is 0 Å².